The molecule has 174 valence electrons. The van der Waals surface area contributed by atoms with Crippen LogP contribution in [0, 0.1) is 5.92 Å². The van der Waals surface area contributed by atoms with Crippen molar-refractivity contribution in [1.29, 1.82) is 0 Å². The number of pyridine rings is 1. The van der Waals surface area contributed by atoms with E-state index >= 15 is 0 Å². The molecular formula is C30H31NO2S. The number of ether oxygens (including phenoxy) is 1. The molecule has 0 saturated carbocycles. The minimum Gasteiger partial charge on any atom is -0.489 e. The largest absolute Gasteiger partial charge is 0.489 e. The zero-order valence-electron chi connectivity index (χ0n) is 20.7. The standard InChI is InChI=1S/C30H31NO2S/c1-16(2)13-24-17(3)20-7-8-22-26(28(20)33-24)25-23(32-22)9-11-31-27(25)19-14-18-10-12-34-29(18)21(15-19)30(4,5)6/h7-12,14-17,24H,13H2,1-6H3. The van der Waals surface area contributed by atoms with E-state index in [4.69, 9.17) is 14.1 Å². The molecule has 0 aliphatic carbocycles. The molecule has 4 heterocycles. The predicted octanol–water partition coefficient (Wildman–Crippen LogP) is 9.07. The van der Waals surface area contributed by atoms with Crippen molar-refractivity contribution in [3.8, 4) is 17.0 Å². The summed E-state index contributed by atoms with van der Waals surface area (Å²) in [4.78, 5) is 4.91. The van der Waals surface area contributed by atoms with Gasteiger partial charge in [-0.05, 0) is 64.4 Å². The van der Waals surface area contributed by atoms with E-state index in [0.29, 0.717) is 11.8 Å². The molecule has 0 saturated heterocycles. The maximum absolute atomic E-state index is 6.65. The zero-order valence-corrected chi connectivity index (χ0v) is 21.5. The SMILES string of the molecule is CC(C)CC1Oc2c(ccc3oc4ccnc(-c5cc(C(C)(C)C)c6sccc6c5)c4c23)C1C. The first-order valence-electron chi connectivity index (χ1n) is 12.2. The number of hydrogen-bond acceptors (Lipinski definition) is 4. The molecule has 0 radical (unpaired) electrons. The fourth-order valence-electron chi connectivity index (χ4n) is 5.44. The van der Waals surface area contributed by atoms with Gasteiger partial charge in [0.05, 0.1) is 16.5 Å². The minimum absolute atomic E-state index is 0.0370. The predicted molar refractivity (Wildman–Crippen MR) is 143 cm³/mol. The summed E-state index contributed by atoms with van der Waals surface area (Å²) in [7, 11) is 0. The van der Waals surface area contributed by atoms with Gasteiger partial charge in [-0.2, -0.15) is 0 Å². The van der Waals surface area contributed by atoms with Crippen molar-refractivity contribution in [2.24, 2.45) is 5.92 Å². The first-order valence-corrected chi connectivity index (χ1v) is 13.1. The van der Waals surface area contributed by atoms with Crippen LogP contribution < -0.4 is 4.74 Å². The molecule has 3 nitrogen and oxygen atoms in total. The molecule has 2 atom stereocenters. The molecule has 2 aromatic carbocycles. The average Bonchev–Trinajstić information content (AvgIpc) is 3.47. The van der Waals surface area contributed by atoms with Gasteiger partial charge in [0.15, 0.2) is 0 Å². The lowest BCUT2D eigenvalue weighted by Crippen LogP contribution is -2.18. The summed E-state index contributed by atoms with van der Waals surface area (Å²) >= 11 is 1.82. The van der Waals surface area contributed by atoms with Gasteiger partial charge >= 0.3 is 0 Å². The van der Waals surface area contributed by atoms with E-state index in [1.807, 2.05) is 23.6 Å². The summed E-state index contributed by atoms with van der Waals surface area (Å²) < 4.78 is 14.4. The highest BCUT2D eigenvalue weighted by molar-refractivity contribution is 7.17. The second-order valence-electron chi connectivity index (χ2n) is 11.2. The van der Waals surface area contributed by atoms with Crippen molar-refractivity contribution in [3.05, 3.63) is 59.1 Å². The van der Waals surface area contributed by atoms with E-state index in [0.717, 1.165) is 45.4 Å². The number of aromatic nitrogens is 1. The van der Waals surface area contributed by atoms with Gasteiger partial charge in [-0.15, -0.1) is 11.3 Å². The van der Waals surface area contributed by atoms with Crippen LogP contribution in [0.15, 0.2) is 52.4 Å². The summed E-state index contributed by atoms with van der Waals surface area (Å²) in [5.41, 5.74) is 6.49. The molecule has 1 aliphatic heterocycles. The van der Waals surface area contributed by atoms with Crippen LogP contribution in [0.4, 0.5) is 0 Å². The van der Waals surface area contributed by atoms with Crippen molar-refractivity contribution in [2.45, 2.75) is 65.4 Å². The van der Waals surface area contributed by atoms with Crippen molar-refractivity contribution in [2.75, 3.05) is 0 Å². The normalized spacial score (nSPS) is 18.3. The van der Waals surface area contributed by atoms with Gasteiger partial charge in [0.1, 0.15) is 23.0 Å². The second-order valence-corrected chi connectivity index (χ2v) is 12.1. The van der Waals surface area contributed by atoms with Gasteiger partial charge in [0, 0.05) is 27.9 Å². The van der Waals surface area contributed by atoms with Crippen LogP contribution in [0.2, 0.25) is 0 Å². The number of benzene rings is 2. The van der Waals surface area contributed by atoms with Crippen LogP contribution in [-0.2, 0) is 5.41 Å². The fraction of sp³-hybridized carbons (Fsp3) is 0.367. The van der Waals surface area contributed by atoms with Gasteiger partial charge in [0.25, 0.3) is 0 Å². The molecular weight excluding hydrogens is 438 g/mol. The van der Waals surface area contributed by atoms with Gasteiger partial charge in [0.2, 0.25) is 0 Å². The van der Waals surface area contributed by atoms with Gasteiger partial charge in [-0.25, -0.2) is 0 Å². The third-order valence-corrected chi connectivity index (χ3v) is 8.15. The highest BCUT2D eigenvalue weighted by Gasteiger charge is 2.34. The molecule has 0 spiro atoms. The molecule has 1 aliphatic rings. The summed E-state index contributed by atoms with van der Waals surface area (Å²) in [6, 6.07) is 13.1. The summed E-state index contributed by atoms with van der Waals surface area (Å²) in [6.45, 7) is 13.7. The Kier molecular flexibility index (Phi) is 4.83. The second kappa shape index (κ2) is 7.58. The third-order valence-electron chi connectivity index (χ3n) is 7.19. The smallest absolute Gasteiger partial charge is 0.139 e. The summed E-state index contributed by atoms with van der Waals surface area (Å²) in [6.07, 6.45) is 3.10. The molecule has 6 rings (SSSR count). The Bertz CT molecular complexity index is 1550. The molecule has 3 aromatic heterocycles. The molecule has 4 heteroatoms. The molecule has 5 aromatic rings. The molecule has 34 heavy (non-hydrogen) atoms. The number of thiophene rings is 1. The molecule has 0 bridgehead atoms. The van der Waals surface area contributed by atoms with Crippen LogP contribution >= 0.6 is 11.3 Å². The van der Waals surface area contributed by atoms with E-state index in [9.17, 15) is 0 Å². The Morgan fingerprint density at radius 3 is 2.59 bits per heavy atom. The topological polar surface area (TPSA) is 35.3 Å². The summed E-state index contributed by atoms with van der Waals surface area (Å²) in [5, 5.41) is 5.57. The van der Waals surface area contributed by atoms with E-state index in [-0.39, 0.29) is 11.5 Å². The van der Waals surface area contributed by atoms with E-state index in [1.165, 1.54) is 21.2 Å². The monoisotopic (exact) mass is 469 g/mol. The highest BCUT2D eigenvalue weighted by Crippen LogP contribution is 2.49. The molecule has 0 fully saturated rings. The van der Waals surface area contributed by atoms with Gasteiger partial charge < -0.3 is 9.15 Å². The van der Waals surface area contributed by atoms with Crippen LogP contribution in [-0.4, -0.2) is 11.1 Å². The van der Waals surface area contributed by atoms with Gasteiger partial charge in [-0.1, -0.05) is 47.6 Å². The molecule has 0 N–H and O–H groups in total. The van der Waals surface area contributed by atoms with E-state index in [1.54, 1.807) is 0 Å². The average molecular weight is 470 g/mol. The number of nitrogens with zero attached hydrogens (tertiary/aromatic N) is 1. The van der Waals surface area contributed by atoms with Crippen molar-refractivity contribution in [1.82, 2.24) is 4.98 Å². The van der Waals surface area contributed by atoms with Crippen LogP contribution in [0.5, 0.6) is 5.75 Å². The lowest BCUT2D eigenvalue weighted by atomic mass is 9.84. The van der Waals surface area contributed by atoms with E-state index in [2.05, 4.69) is 77.3 Å². The Morgan fingerprint density at radius 2 is 1.82 bits per heavy atom. The Morgan fingerprint density at radius 1 is 1.03 bits per heavy atom. The first kappa shape index (κ1) is 21.7. The number of fused-ring (bicyclic) bond motifs is 6. The summed E-state index contributed by atoms with van der Waals surface area (Å²) in [5.74, 6) is 1.93. The fourth-order valence-corrected chi connectivity index (χ4v) is 6.55. The number of furan rings is 1. The lowest BCUT2D eigenvalue weighted by Gasteiger charge is -2.21. The van der Waals surface area contributed by atoms with Crippen LogP contribution in [0.3, 0.4) is 0 Å². The first-order chi connectivity index (χ1) is 16.2. The highest BCUT2D eigenvalue weighted by atomic mass is 32.1. The van der Waals surface area contributed by atoms with Crippen LogP contribution in [0.25, 0.3) is 43.3 Å². The van der Waals surface area contributed by atoms with Crippen molar-refractivity contribution >= 4 is 43.4 Å². The van der Waals surface area contributed by atoms with E-state index < -0.39 is 0 Å². The number of rotatable bonds is 3. The zero-order chi connectivity index (χ0) is 23.8. The van der Waals surface area contributed by atoms with Gasteiger partial charge in [-0.3, -0.25) is 4.98 Å². The quantitative estimate of drug-likeness (QED) is 0.264. The maximum atomic E-state index is 6.65. The Hall–Kier alpha value is -2.85. The molecule has 0 amide bonds. The van der Waals surface area contributed by atoms with Crippen LogP contribution in [0.1, 0.15) is 65.0 Å². The van der Waals surface area contributed by atoms with Crippen molar-refractivity contribution < 1.29 is 9.15 Å². The molecule has 2 unspecified atom stereocenters. The Balaban J connectivity index is 1.63. The minimum atomic E-state index is 0.0370. The maximum Gasteiger partial charge on any atom is 0.139 e. The number of hydrogen-bond donors (Lipinski definition) is 0. The van der Waals surface area contributed by atoms with Crippen molar-refractivity contribution in [3.63, 3.8) is 0 Å². The lowest BCUT2D eigenvalue weighted by molar-refractivity contribution is 0.183. The Labute approximate surface area is 204 Å². The third kappa shape index (κ3) is 3.26.